The van der Waals surface area contributed by atoms with Gasteiger partial charge in [0.2, 0.25) is 0 Å². The van der Waals surface area contributed by atoms with E-state index in [4.69, 9.17) is 0 Å². The van der Waals surface area contributed by atoms with Crippen LogP contribution in [-0.4, -0.2) is 33.6 Å². The molecule has 2 heterocycles. The Morgan fingerprint density at radius 3 is 2.38 bits per heavy atom. The topological polar surface area (TPSA) is 46.8 Å². The molecule has 0 aliphatic heterocycles. The van der Waals surface area contributed by atoms with E-state index in [1.807, 2.05) is 0 Å². The zero-order valence-corrected chi connectivity index (χ0v) is 14.3. The predicted molar refractivity (Wildman–Crippen MR) is 86.5 cm³/mol. The van der Waals surface area contributed by atoms with Crippen LogP contribution in [0.25, 0.3) is 11.0 Å². The Morgan fingerprint density at radius 2 is 1.77 bits per heavy atom. The van der Waals surface area contributed by atoms with Crippen molar-refractivity contribution in [2.45, 2.75) is 23.0 Å². The minimum absolute atomic E-state index is 0.00883. The molecule has 0 atom stereocenters. The summed E-state index contributed by atoms with van der Waals surface area (Å²) in [6, 6.07) is 6.99. The Hall–Kier alpha value is -2.43. The molecule has 0 aliphatic rings. The fourth-order valence-corrected chi connectivity index (χ4v) is 3.06. The average Bonchev–Trinajstić information content (AvgIpc) is 2.91. The van der Waals surface area contributed by atoms with Gasteiger partial charge in [-0.15, -0.1) is 0 Å². The minimum Gasteiger partial charge on any atom is -0.363 e. The van der Waals surface area contributed by atoms with E-state index in [1.54, 1.807) is 12.1 Å². The van der Waals surface area contributed by atoms with Crippen LogP contribution in [0.1, 0.15) is 12.2 Å². The number of fused-ring (bicyclic) bond motifs is 1. The molecule has 2 aromatic heterocycles. The Balaban J connectivity index is 2.10. The van der Waals surface area contributed by atoms with Crippen molar-refractivity contribution in [2.24, 2.45) is 0 Å². The van der Waals surface area contributed by atoms with Gasteiger partial charge in [0.1, 0.15) is 5.82 Å². The normalized spacial score (nSPS) is 12.2. The Kier molecular flexibility index (Phi) is 4.74. The molecule has 1 aromatic carbocycles. The Labute approximate surface area is 148 Å². The molecule has 3 rings (SSSR count). The summed E-state index contributed by atoms with van der Waals surface area (Å²) < 4.78 is 66.7. The van der Waals surface area contributed by atoms with E-state index in [-0.39, 0.29) is 21.6 Å². The SMILES string of the molecule is CN(C)c1cc(C(F)(F)F)nc(Sc2nc3ccccc3n2C(F)F)n1. The number of imidazole rings is 1. The van der Waals surface area contributed by atoms with Crippen molar-refractivity contribution < 1.29 is 22.0 Å². The second-order valence-electron chi connectivity index (χ2n) is 5.42. The van der Waals surface area contributed by atoms with E-state index in [9.17, 15) is 22.0 Å². The molecule has 0 unspecified atom stereocenters. The van der Waals surface area contributed by atoms with Crippen LogP contribution in [0.15, 0.2) is 40.6 Å². The average molecular weight is 389 g/mol. The molecule has 0 amide bonds. The van der Waals surface area contributed by atoms with E-state index in [2.05, 4.69) is 15.0 Å². The predicted octanol–water partition coefficient (Wildman–Crippen LogP) is 4.46. The standard InChI is InChI=1S/C15H12F5N5S/c1-24(2)11-7-10(15(18,19)20)22-13(23-11)26-14-21-8-5-3-4-6-9(8)25(14)12(16)17/h3-7,12H,1-2H3. The number of hydrogen-bond acceptors (Lipinski definition) is 5. The van der Waals surface area contributed by atoms with Crippen LogP contribution in [0, 0.1) is 0 Å². The number of rotatable bonds is 4. The summed E-state index contributed by atoms with van der Waals surface area (Å²) >= 11 is 0.553. The van der Waals surface area contributed by atoms with Crippen LogP contribution in [0.3, 0.4) is 0 Å². The first-order chi connectivity index (χ1) is 12.2. The van der Waals surface area contributed by atoms with Gasteiger partial charge >= 0.3 is 12.7 Å². The lowest BCUT2D eigenvalue weighted by Gasteiger charge is -2.15. The number of nitrogens with zero attached hydrogens (tertiary/aromatic N) is 5. The number of hydrogen-bond donors (Lipinski definition) is 0. The van der Waals surface area contributed by atoms with Crippen LogP contribution >= 0.6 is 11.8 Å². The molecule has 0 bridgehead atoms. The third kappa shape index (κ3) is 3.57. The molecule has 0 fully saturated rings. The lowest BCUT2D eigenvalue weighted by Crippen LogP contribution is -2.16. The van der Waals surface area contributed by atoms with Crippen LogP contribution in [0.5, 0.6) is 0 Å². The molecule has 0 aliphatic carbocycles. The number of alkyl halides is 5. The second kappa shape index (κ2) is 6.71. The summed E-state index contributed by atoms with van der Waals surface area (Å²) in [6.45, 7) is -2.91. The fraction of sp³-hybridized carbons (Fsp3) is 0.267. The number of para-hydroxylation sites is 2. The monoisotopic (exact) mass is 389 g/mol. The first kappa shape index (κ1) is 18.4. The van der Waals surface area contributed by atoms with Crippen molar-refractivity contribution in [3.8, 4) is 0 Å². The molecule has 0 saturated carbocycles. The summed E-state index contributed by atoms with van der Waals surface area (Å²) in [7, 11) is 3.04. The van der Waals surface area contributed by atoms with Crippen LogP contribution in [0.2, 0.25) is 0 Å². The summed E-state index contributed by atoms with van der Waals surface area (Å²) in [5, 5.41) is -0.508. The molecule has 5 nitrogen and oxygen atoms in total. The molecule has 26 heavy (non-hydrogen) atoms. The quantitative estimate of drug-likeness (QED) is 0.487. The largest absolute Gasteiger partial charge is 0.433 e. The summed E-state index contributed by atoms with van der Waals surface area (Å²) in [4.78, 5) is 12.9. The van der Waals surface area contributed by atoms with Crippen molar-refractivity contribution >= 4 is 28.6 Å². The van der Waals surface area contributed by atoms with Gasteiger partial charge in [-0.1, -0.05) is 12.1 Å². The molecule has 0 N–H and O–H groups in total. The van der Waals surface area contributed by atoms with Gasteiger partial charge in [0.15, 0.2) is 16.0 Å². The van der Waals surface area contributed by atoms with Crippen LogP contribution < -0.4 is 4.90 Å². The zero-order chi connectivity index (χ0) is 19.1. The van der Waals surface area contributed by atoms with E-state index >= 15 is 0 Å². The van der Waals surface area contributed by atoms with Crippen molar-refractivity contribution in [2.75, 3.05) is 19.0 Å². The van der Waals surface area contributed by atoms with E-state index in [1.165, 1.54) is 31.1 Å². The molecular formula is C15H12F5N5S. The Bertz CT molecular complexity index is 938. The molecule has 3 aromatic rings. The Morgan fingerprint density at radius 1 is 1.08 bits per heavy atom. The van der Waals surface area contributed by atoms with Gasteiger partial charge in [-0.05, 0) is 23.9 Å². The summed E-state index contributed by atoms with van der Waals surface area (Å²) in [6.07, 6.45) is -4.69. The number of benzene rings is 1. The van der Waals surface area contributed by atoms with Crippen molar-refractivity contribution in [1.29, 1.82) is 0 Å². The first-order valence-corrected chi connectivity index (χ1v) is 8.05. The van der Waals surface area contributed by atoms with Gasteiger partial charge in [0, 0.05) is 20.2 Å². The third-order valence-electron chi connectivity index (χ3n) is 3.38. The highest BCUT2D eigenvalue weighted by Crippen LogP contribution is 2.35. The first-order valence-electron chi connectivity index (χ1n) is 7.23. The lowest BCUT2D eigenvalue weighted by atomic mass is 10.3. The van der Waals surface area contributed by atoms with Crippen LogP contribution in [-0.2, 0) is 6.18 Å². The van der Waals surface area contributed by atoms with Gasteiger partial charge in [0.05, 0.1) is 11.0 Å². The van der Waals surface area contributed by atoms with E-state index in [0.717, 1.165) is 6.07 Å². The number of anilines is 1. The molecule has 0 spiro atoms. The minimum atomic E-state index is -4.69. The second-order valence-corrected chi connectivity index (χ2v) is 6.35. The van der Waals surface area contributed by atoms with Gasteiger partial charge in [-0.25, -0.2) is 15.0 Å². The fourth-order valence-electron chi connectivity index (χ4n) is 2.20. The maximum atomic E-state index is 13.5. The van der Waals surface area contributed by atoms with Crippen molar-refractivity contribution in [3.63, 3.8) is 0 Å². The van der Waals surface area contributed by atoms with E-state index < -0.39 is 18.4 Å². The highest BCUT2D eigenvalue weighted by atomic mass is 32.2. The number of aromatic nitrogens is 4. The van der Waals surface area contributed by atoms with Gasteiger partial charge in [-0.3, -0.25) is 4.57 Å². The summed E-state index contributed by atoms with van der Waals surface area (Å²) in [5.41, 5.74) is -0.682. The smallest absolute Gasteiger partial charge is 0.363 e. The highest BCUT2D eigenvalue weighted by Gasteiger charge is 2.34. The van der Waals surface area contributed by atoms with Gasteiger partial charge < -0.3 is 4.90 Å². The lowest BCUT2D eigenvalue weighted by molar-refractivity contribution is -0.141. The molecular weight excluding hydrogens is 377 g/mol. The zero-order valence-electron chi connectivity index (χ0n) is 13.5. The maximum Gasteiger partial charge on any atom is 0.433 e. The number of halogens is 5. The molecule has 138 valence electrons. The summed E-state index contributed by atoms with van der Waals surface area (Å²) in [5.74, 6) is 0.00883. The molecule has 0 saturated heterocycles. The van der Waals surface area contributed by atoms with Crippen molar-refractivity contribution in [1.82, 2.24) is 19.5 Å². The highest BCUT2D eigenvalue weighted by molar-refractivity contribution is 7.99. The third-order valence-corrected chi connectivity index (χ3v) is 4.22. The molecule has 0 radical (unpaired) electrons. The maximum absolute atomic E-state index is 13.5. The van der Waals surface area contributed by atoms with Gasteiger partial charge in [0.25, 0.3) is 0 Å². The van der Waals surface area contributed by atoms with E-state index in [0.29, 0.717) is 21.8 Å². The van der Waals surface area contributed by atoms with Crippen LogP contribution in [0.4, 0.5) is 27.8 Å². The van der Waals surface area contributed by atoms with Gasteiger partial charge in [-0.2, -0.15) is 22.0 Å². The molecule has 11 heteroatoms. The van der Waals surface area contributed by atoms with Crippen molar-refractivity contribution in [3.05, 3.63) is 36.0 Å².